The van der Waals surface area contributed by atoms with Gasteiger partial charge in [-0.15, -0.1) is 0 Å². The van der Waals surface area contributed by atoms with Gasteiger partial charge in [-0.05, 0) is 32.9 Å². The second-order valence-electron chi connectivity index (χ2n) is 6.70. The van der Waals surface area contributed by atoms with Crippen LogP contribution in [0.5, 0.6) is 0 Å². The normalized spacial score (nSPS) is 22.0. The van der Waals surface area contributed by atoms with Gasteiger partial charge in [-0.25, -0.2) is 4.98 Å². The van der Waals surface area contributed by atoms with Crippen molar-refractivity contribution < 1.29 is 4.74 Å². The lowest BCUT2D eigenvalue weighted by molar-refractivity contribution is -0.128. The summed E-state index contributed by atoms with van der Waals surface area (Å²) in [6, 6.07) is 7.45. The van der Waals surface area contributed by atoms with Crippen molar-refractivity contribution in [3.63, 3.8) is 0 Å². The van der Waals surface area contributed by atoms with E-state index in [1.165, 1.54) is 0 Å². The minimum atomic E-state index is -0.123. The van der Waals surface area contributed by atoms with E-state index in [1.807, 2.05) is 18.2 Å². The van der Waals surface area contributed by atoms with E-state index in [1.54, 1.807) is 6.07 Å². The highest BCUT2D eigenvalue weighted by molar-refractivity contribution is 5.77. The van der Waals surface area contributed by atoms with E-state index in [0.717, 1.165) is 37.4 Å². The van der Waals surface area contributed by atoms with Gasteiger partial charge in [0.15, 0.2) is 0 Å². The minimum Gasteiger partial charge on any atom is -0.370 e. The van der Waals surface area contributed by atoms with Crippen LogP contribution < -0.4 is 5.56 Å². The second kappa shape index (κ2) is 5.82. The first-order valence-electron chi connectivity index (χ1n) is 7.81. The monoisotopic (exact) mass is 301 g/mol. The Balaban J connectivity index is 1.73. The van der Waals surface area contributed by atoms with Crippen LogP contribution in [0.2, 0.25) is 0 Å². The quantitative estimate of drug-likeness (QED) is 0.941. The van der Waals surface area contributed by atoms with Crippen molar-refractivity contribution in [3.8, 4) is 0 Å². The Kier molecular flexibility index (Phi) is 4.02. The van der Waals surface area contributed by atoms with Crippen LogP contribution in [-0.4, -0.2) is 46.2 Å². The van der Waals surface area contributed by atoms with Crippen molar-refractivity contribution in [2.24, 2.45) is 0 Å². The summed E-state index contributed by atoms with van der Waals surface area (Å²) in [5, 5.41) is 0.646. The van der Waals surface area contributed by atoms with Gasteiger partial charge in [0.2, 0.25) is 0 Å². The lowest BCUT2D eigenvalue weighted by Gasteiger charge is -2.41. The topological polar surface area (TPSA) is 58.2 Å². The van der Waals surface area contributed by atoms with Crippen LogP contribution >= 0.6 is 0 Å². The van der Waals surface area contributed by atoms with Gasteiger partial charge in [0.25, 0.3) is 5.56 Å². The number of hydrogen-bond acceptors (Lipinski definition) is 4. The molecule has 0 spiro atoms. The Labute approximate surface area is 130 Å². The molecule has 0 bridgehead atoms. The van der Waals surface area contributed by atoms with Gasteiger partial charge >= 0.3 is 0 Å². The van der Waals surface area contributed by atoms with E-state index in [0.29, 0.717) is 5.39 Å². The fourth-order valence-corrected chi connectivity index (χ4v) is 3.27. The molecule has 0 amide bonds. The van der Waals surface area contributed by atoms with Crippen molar-refractivity contribution in [2.75, 3.05) is 19.6 Å². The van der Waals surface area contributed by atoms with E-state index >= 15 is 0 Å². The third-order valence-corrected chi connectivity index (χ3v) is 3.97. The van der Waals surface area contributed by atoms with Gasteiger partial charge < -0.3 is 9.72 Å². The van der Waals surface area contributed by atoms with E-state index in [9.17, 15) is 4.79 Å². The van der Waals surface area contributed by atoms with Gasteiger partial charge in [0.1, 0.15) is 5.82 Å². The number of morpholine rings is 1. The largest absolute Gasteiger partial charge is 0.370 e. The molecule has 0 saturated carbocycles. The molecule has 0 unspecified atom stereocenters. The highest BCUT2D eigenvalue weighted by Crippen LogP contribution is 2.20. The Bertz CT molecular complexity index is 723. The lowest BCUT2D eigenvalue weighted by atomic mass is 10.1. The number of aromatic amines is 1. The summed E-state index contributed by atoms with van der Waals surface area (Å²) in [6.07, 6.45) is 0.968. The molecule has 5 nitrogen and oxygen atoms in total. The van der Waals surface area contributed by atoms with Crippen molar-refractivity contribution in [2.45, 2.75) is 38.9 Å². The van der Waals surface area contributed by atoms with E-state index in [2.05, 4.69) is 35.6 Å². The third-order valence-electron chi connectivity index (χ3n) is 3.97. The molecule has 1 aromatic carbocycles. The first-order valence-corrected chi connectivity index (χ1v) is 7.81. The third kappa shape index (κ3) is 3.36. The summed E-state index contributed by atoms with van der Waals surface area (Å²) < 4.78 is 5.92. The zero-order valence-corrected chi connectivity index (χ0v) is 13.4. The van der Waals surface area contributed by atoms with Crippen LogP contribution in [-0.2, 0) is 11.2 Å². The molecule has 118 valence electrons. The summed E-state index contributed by atoms with van der Waals surface area (Å²) in [4.78, 5) is 21.9. The molecule has 5 heteroatoms. The maximum absolute atomic E-state index is 12.1. The molecule has 2 heterocycles. The molecule has 2 aromatic rings. The van der Waals surface area contributed by atoms with Crippen LogP contribution in [0.1, 0.15) is 26.6 Å². The molecule has 1 N–H and O–H groups in total. The van der Waals surface area contributed by atoms with Gasteiger partial charge in [-0.1, -0.05) is 12.1 Å². The molecular formula is C17H23N3O2. The molecule has 3 rings (SSSR count). The molecule has 1 atom stereocenters. The summed E-state index contributed by atoms with van der Waals surface area (Å²) in [6.45, 7) is 9.02. The molecular weight excluding hydrogens is 278 g/mol. The maximum atomic E-state index is 12.1. The zero-order chi connectivity index (χ0) is 15.7. The molecule has 0 aliphatic carbocycles. The molecule has 22 heavy (non-hydrogen) atoms. The Hall–Kier alpha value is -1.72. The van der Waals surface area contributed by atoms with E-state index in [-0.39, 0.29) is 17.3 Å². The Morgan fingerprint density at radius 2 is 2.18 bits per heavy atom. The Morgan fingerprint density at radius 1 is 1.41 bits per heavy atom. The number of ether oxygens (including phenoxy) is 1. The maximum Gasteiger partial charge on any atom is 0.258 e. The molecule has 1 aliphatic rings. The fourth-order valence-electron chi connectivity index (χ4n) is 3.27. The van der Waals surface area contributed by atoms with Crippen molar-refractivity contribution >= 4 is 10.9 Å². The summed E-state index contributed by atoms with van der Waals surface area (Å²) >= 11 is 0. The molecule has 0 radical (unpaired) electrons. The second-order valence-corrected chi connectivity index (χ2v) is 6.70. The number of hydrogen-bond donors (Lipinski definition) is 1. The minimum absolute atomic E-state index is 0.0590. The number of aromatic nitrogens is 2. The van der Waals surface area contributed by atoms with Gasteiger partial charge in [0.05, 0.1) is 22.6 Å². The smallest absolute Gasteiger partial charge is 0.258 e. The number of rotatable bonds is 3. The average Bonchev–Trinajstić information content (AvgIpc) is 2.43. The van der Waals surface area contributed by atoms with Gasteiger partial charge in [-0.2, -0.15) is 0 Å². The zero-order valence-electron chi connectivity index (χ0n) is 13.4. The number of nitrogens with zero attached hydrogens (tertiary/aromatic N) is 2. The predicted molar refractivity (Wildman–Crippen MR) is 87.1 cm³/mol. The lowest BCUT2D eigenvalue weighted by Crippen LogP contribution is -2.52. The first-order chi connectivity index (χ1) is 10.4. The standard InChI is InChI=1S/C17H23N3O2/c1-12-10-20(11-17(2,3)22-12)9-8-15-18-14-7-5-4-6-13(14)16(21)19-15/h4-7,12H,8-11H2,1-3H3,(H,18,19,21)/t12-/m1/s1. The summed E-state index contributed by atoms with van der Waals surface area (Å²) in [5.74, 6) is 0.751. The molecule has 1 aliphatic heterocycles. The van der Waals surface area contributed by atoms with Crippen LogP contribution in [0.4, 0.5) is 0 Å². The van der Waals surface area contributed by atoms with E-state index in [4.69, 9.17) is 4.74 Å². The van der Waals surface area contributed by atoms with Crippen molar-refractivity contribution in [1.82, 2.24) is 14.9 Å². The average molecular weight is 301 g/mol. The van der Waals surface area contributed by atoms with Crippen LogP contribution in [0.25, 0.3) is 10.9 Å². The van der Waals surface area contributed by atoms with Gasteiger partial charge in [-0.3, -0.25) is 9.69 Å². The van der Waals surface area contributed by atoms with Crippen LogP contribution in [0.15, 0.2) is 29.1 Å². The van der Waals surface area contributed by atoms with Gasteiger partial charge in [0, 0.05) is 26.1 Å². The fraction of sp³-hybridized carbons (Fsp3) is 0.529. The number of para-hydroxylation sites is 1. The highest BCUT2D eigenvalue weighted by atomic mass is 16.5. The molecule has 1 aromatic heterocycles. The summed E-state index contributed by atoms with van der Waals surface area (Å²) in [5.41, 5.74) is 0.579. The SMILES string of the molecule is C[C@@H]1CN(CCc2nc3ccccc3c(=O)[nH]2)CC(C)(C)O1. The number of benzene rings is 1. The predicted octanol–water partition coefficient (Wildman–Crippen LogP) is 1.96. The Morgan fingerprint density at radius 3 is 2.95 bits per heavy atom. The van der Waals surface area contributed by atoms with E-state index < -0.39 is 0 Å². The summed E-state index contributed by atoms with van der Waals surface area (Å²) in [7, 11) is 0. The molecule has 1 saturated heterocycles. The van der Waals surface area contributed by atoms with Crippen molar-refractivity contribution in [1.29, 1.82) is 0 Å². The van der Waals surface area contributed by atoms with Crippen LogP contribution in [0, 0.1) is 0 Å². The number of fused-ring (bicyclic) bond motifs is 1. The van der Waals surface area contributed by atoms with Crippen molar-refractivity contribution in [3.05, 3.63) is 40.4 Å². The van der Waals surface area contributed by atoms with Crippen LogP contribution in [0.3, 0.4) is 0 Å². The highest BCUT2D eigenvalue weighted by Gasteiger charge is 2.30. The number of H-pyrrole nitrogens is 1. The molecule has 1 fully saturated rings. The number of nitrogens with one attached hydrogen (secondary N) is 1. The first kappa shape index (κ1) is 15.2.